The summed E-state index contributed by atoms with van der Waals surface area (Å²) in [5, 5.41) is 3.35. The van der Waals surface area contributed by atoms with Gasteiger partial charge in [-0.15, -0.1) is 0 Å². The molecule has 1 atom stereocenters. The van der Waals surface area contributed by atoms with E-state index in [0.717, 1.165) is 43.1 Å². The van der Waals surface area contributed by atoms with Crippen molar-refractivity contribution in [3.8, 4) is 0 Å². The predicted molar refractivity (Wildman–Crippen MR) is 82.5 cm³/mol. The van der Waals surface area contributed by atoms with E-state index in [9.17, 15) is 0 Å². The summed E-state index contributed by atoms with van der Waals surface area (Å²) in [4.78, 5) is 14.3. The number of fused-ring (bicyclic) bond motifs is 1. The van der Waals surface area contributed by atoms with Gasteiger partial charge in [-0.1, -0.05) is 0 Å². The number of hydrogen-bond acceptors (Lipinski definition) is 5. The molecule has 0 bridgehead atoms. The minimum atomic E-state index is 0.723. The molecule has 2 fully saturated rings. The molecule has 3 heterocycles. The molecule has 0 radical (unpaired) electrons. The van der Waals surface area contributed by atoms with E-state index in [2.05, 4.69) is 33.9 Å². The number of nitrogens with zero attached hydrogens (tertiary/aromatic N) is 4. The normalized spacial score (nSPS) is 22.9. The van der Waals surface area contributed by atoms with Crippen LogP contribution in [0.3, 0.4) is 0 Å². The summed E-state index contributed by atoms with van der Waals surface area (Å²) in [5.74, 6) is 2.97. The molecule has 1 aromatic heterocycles. The summed E-state index contributed by atoms with van der Waals surface area (Å²) in [6.07, 6.45) is 2.68. The van der Waals surface area contributed by atoms with E-state index in [0.29, 0.717) is 0 Å². The maximum atomic E-state index is 4.71. The molecular weight excluding hydrogens is 250 g/mol. The highest BCUT2D eigenvalue weighted by Crippen LogP contribution is 2.28. The Hall–Kier alpha value is -1.36. The van der Waals surface area contributed by atoms with Crippen LogP contribution in [-0.2, 0) is 0 Å². The Bertz CT molecular complexity index is 487. The van der Waals surface area contributed by atoms with Gasteiger partial charge in [0.05, 0.1) is 0 Å². The molecule has 0 saturated carbocycles. The quantitative estimate of drug-likeness (QED) is 0.911. The van der Waals surface area contributed by atoms with Crippen molar-refractivity contribution in [2.24, 2.45) is 0 Å². The summed E-state index contributed by atoms with van der Waals surface area (Å²) in [5.41, 5.74) is 1.18. The average Bonchev–Trinajstić information content (AvgIpc) is 2.90. The van der Waals surface area contributed by atoms with Crippen LogP contribution >= 0.6 is 0 Å². The van der Waals surface area contributed by atoms with Crippen molar-refractivity contribution in [2.45, 2.75) is 39.7 Å². The molecule has 5 heteroatoms. The van der Waals surface area contributed by atoms with Gasteiger partial charge in [0.15, 0.2) is 0 Å². The maximum Gasteiger partial charge on any atom is 0.137 e. The van der Waals surface area contributed by atoms with E-state index in [1.54, 1.807) is 0 Å². The molecule has 0 aliphatic carbocycles. The van der Waals surface area contributed by atoms with Gasteiger partial charge in [0.1, 0.15) is 17.5 Å². The van der Waals surface area contributed by atoms with Gasteiger partial charge in [0.25, 0.3) is 0 Å². The van der Waals surface area contributed by atoms with Gasteiger partial charge in [0, 0.05) is 37.8 Å². The van der Waals surface area contributed by atoms with Crippen molar-refractivity contribution in [3.05, 3.63) is 11.4 Å². The maximum absolute atomic E-state index is 4.71. The molecule has 20 heavy (non-hydrogen) atoms. The van der Waals surface area contributed by atoms with Gasteiger partial charge in [0.2, 0.25) is 0 Å². The SMILES string of the molecule is CCNc1nc(C)nc(N2CCN3CCCC3C2)c1C. The number of aryl methyl sites for hydroxylation is 1. The lowest BCUT2D eigenvalue weighted by Crippen LogP contribution is -2.50. The first-order valence-electron chi connectivity index (χ1n) is 7.77. The van der Waals surface area contributed by atoms with Crippen LogP contribution in [0.1, 0.15) is 31.2 Å². The summed E-state index contributed by atoms with van der Waals surface area (Å²) < 4.78 is 0. The molecule has 1 N–H and O–H groups in total. The molecule has 5 nitrogen and oxygen atoms in total. The van der Waals surface area contributed by atoms with E-state index in [1.165, 1.54) is 31.5 Å². The standard InChI is InChI=1S/C15H25N5/c1-4-16-14-11(2)15(18-12(3)17-14)20-9-8-19-7-5-6-13(19)10-20/h13H,4-10H2,1-3H3,(H,16,17,18). The molecule has 2 aliphatic heterocycles. The third-order valence-electron chi connectivity index (χ3n) is 4.46. The molecule has 0 amide bonds. The number of aromatic nitrogens is 2. The zero-order valence-electron chi connectivity index (χ0n) is 12.8. The van der Waals surface area contributed by atoms with Gasteiger partial charge in [-0.2, -0.15) is 0 Å². The van der Waals surface area contributed by atoms with E-state index in [-0.39, 0.29) is 0 Å². The van der Waals surface area contributed by atoms with Crippen LogP contribution in [0.15, 0.2) is 0 Å². The number of piperazine rings is 1. The first kappa shape index (κ1) is 13.6. The highest BCUT2D eigenvalue weighted by atomic mass is 15.3. The fourth-order valence-corrected chi connectivity index (χ4v) is 3.44. The average molecular weight is 275 g/mol. The van der Waals surface area contributed by atoms with Gasteiger partial charge in [-0.25, -0.2) is 9.97 Å². The number of nitrogens with one attached hydrogen (secondary N) is 1. The zero-order chi connectivity index (χ0) is 14.1. The van der Waals surface area contributed by atoms with Crippen molar-refractivity contribution in [3.63, 3.8) is 0 Å². The largest absolute Gasteiger partial charge is 0.370 e. The van der Waals surface area contributed by atoms with Gasteiger partial charge in [-0.3, -0.25) is 4.90 Å². The van der Waals surface area contributed by atoms with Crippen molar-refractivity contribution in [1.82, 2.24) is 14.9 Å². The van der Waals surface area contributed by atoms with Crippen molar-refractivity contribution >= 4 is 11.6 Å². The summed E-state index contributed by atoms with van der Waals surface area (Å²) in [6.45, 7) is 11.8. The molecule has 1 aromatic rings. The summed E-state index contributed by atoms with van der Waals surface area (Å²) in [6, 6.07) is 0.723. The van der Waals surface area contributed by atoms with Crippen molar-refractivity contribution < 1.29 is 0 Å². The third kappa shape index (κ3) is 2.46. The second kappa shape index (κ2) is 5.56. The Morgan fingerprint density at radius 2 is 2.05 bits per heavy atom. The van der Waals surface area contributed by atoms with Crippen LogP contribution < -0.4 is 10.2 Å². The van der Waals surface area contributed by atoms with Gasteiger partial charge < -0.3 is 10.2 Å². The van der Waals surface area contributed by atoms with E-state index < -0.39 is 0 Å². The number of anilines is 2. The number of rotatable bonds is 3. The second-order valence-electron chi connectivity index (χ2n) is 5.88. The van der Waals surface area contributed by atoms with Crippen molar-refractivity contribution in [1.29, 1.82) is 0 Å². The first-order chi connectivity index (χ1) is 9.69. The Labute approximate surface area is 121 Å². The van der Waals surface area contributed by atoms with E-state index >= 15 is 0 Å². The molecule has 2 aliphatic rings. The van der Waals surface area contributed by atoms with Gasteiger partial charge in [-0.05, 0) is 40.2 Å². The molecule has 3 rings (SSSR count). The third-order valence-corrected chi connectivity index (χ3v) is 4.46. The zero-order valence-corrected chi connectivity index (χ0v) is 12.8. The Kier molecular flexibility index (Phi) is 3.78. The Morgan fingerprint density at radius 3 is 2.85 bits per heavy atom. The Morgan fingerprint density at radius 1 is 1.20 bits per heavy atom. The van der Waals surface area contributed by atoms with E-state index in [1.807, 2.05) is 6.92 Å². The predicted octanol–water partition coefficient (Wildman–Crippen LogP) is 1.81. The lowest BCUT2D eigenvalue weighted by Gasteiger charge is -2.38. The molecule has 1 unspecified atom stereocenters. The Balaban J connectivity index is 1.86. The van der Waals surface area contributed by atoms with Crippen LogP contribution in [0.4, 0.5) is 11.6 Å². The monoisotopic (exact) mass is 275 g/mol. The van der Waals surface area contributed by atoms with E-state index in [4.69, 9.17) is 4.98 Å². The topological polar surface area (TPSA) is 44.3 Å². The molecule has 0 aromatic carbocycles. The number of hydrogen-bond donors (Lipinski definition) is 1. The molecule has 0 spiro atoms. The highest BCUT2D eigenvalue weighted by Gasteiger charge is 2.31. The molecule has 2 saturated heterocycles. The fourth-order valence-electron chi connectivity index (χ4n) is 3.44. The van der Waals surface area contributed by atoms with Gasteiger partial charge >= 0.3 is 0 Å². The summed E-state index contributed by atoms with van der Waals surface area (Å²) >= 11 is 0. The van der Waals surface area contributed by atoms with Crippen LogP contribution in [0.5, 0.6) is 0 Å². The second-order valence-corrected chi connectivity index (χ2v) is 5.88. The lowest BCUT2D eigenvalue weighted by molar-refractivity contribution is 0.230. The smallest absolute Gasteiger partial charge is 0.137 e. The minimum Gasteiger partial charge on any atom is -0.370 e. The van der Waals surface area contributed by atoms with Crippen LogP contribution in [0, 0.1) is 13.8 Å². The lowest BCUT2D eigenvalue weighted by atomic mass is 10.1. The molecule has 110 valence electrons. The van der Waals surface area contributed by atoms with Crippen LogP contribution in [0.2, 0.25) is 0 Å². The van der Waals surface area contributed by atoms with Crippen LogP contribution in [0.25, 0.3) is 0 Å². The summed E-state index contributed by atoms with van der Waals surface area (Å²) in [7, 11) is 0. The minimum absolute atomic E-state index is 0.723. The first-order valence-corrected chi connectivity index (χ1v) is 7.77. The fraction of sp³-hybridized carbons (Fsp3) is 0.733. The highest BCUT2D eigenvalue weighted by molar-refractivity contribution is 5.59. The molecular formula is C15H25N5. The van der Waals surface area contributed by atoms with Crippen molar-refractivity contribution in [2.75, 3.05) is 42.9 Å². The van der Waals surface area contributed by atoms with Crippen LogP contribution in [-0.4, -0.2) is 53.6 Å².